The Hall–Kier alpha value is -8.20. The molecule has 0 spiro atoms. The first-order valence-corrected chi connectivity index (χ1v) is 21.8. The van der Waals surface area contributed by atoms with E-state index in [1.165, 1.54) is 82.6 Å². The summed E-state index contributed by atoms with van der Waals surface area (Å²) in [5, 5.41) is 4.91. The van der Waals surface area contributed by atoms with Gasteiger partial charge in [-0.1, -0.05) is 206 Å². The lowest BCUT2D eigenvalue weighted by Crippen LogP contribution is -2.31. The number of aromatic nitrogens is 2. The Morgan fingerprint density at radius 1 is 0.222 bits per heavy atom. The molecule has 2 heterocycles. The van der Waals surface area contributed by atoms with Gasteiger partial charge in [-0.15, -0.1) is 0 Å². The van der Waals surface area contributed by atoms with Crippen LogP contribution < -0.4 is 0 Å². The summed E-state index contributed by atoms with van der Waals surface area (Å²) < 4.78 is 4.93. The van der Waals surface area contributed by atoms with Crippen molar-refractivity contribution in [3.63, 3.8) is 0 Å². The van der Waals surface area contributed by atoms with Gasteiger partial charge in [0.1, 0.15) is 0 Å². The van der Waals surface area contributed by atoms with Crippen LogP contribution in [0.5, 0.6) is 0 Å². The third-order valence-corrected chi connectivity index (χ3v) is 13.1. The Morgan fingerprint density at radius 2 is 0.635 bits per heavy atom. The second-order valence-corrected chi connectivity index (χ2v) is 16.5. The molecule has 12 rings (SSSR count). The predicted molar refractivity (Wildman–Crippen MR) is 264 cm³/mol. The highest BCUT2D eigenvalue weighted by Gasteiger charge is 2.38. The van der Waals surface area contributed by atoms with E-state index in [0.717, 1.165) is 16.9 Å². The van der Waals surface area contributed by atoms with Gasteiger partial charge in [0.25, 0.3) is 0 Å². The van der Waals surface area contributed by atoms with E-state index in [2.05, 4.69) is 264 Å². The summed E-state index contributed by atoms with van der Waals surface area (Å²) in [5.74, 6) is 0. The molecular weight excluding hydrogens is 761 g/mol. The van der Waals surface area contributed by atoms with Crippen LogP contribution in [0.3, 0.4) is 0 Å². The Kier molecular flexibility index (Phi) is 8.76. The molecule has 0 amide bonds. The molecule has 12 aromatic rings. The average molecular weight is 803 g/mol. The van der Waals surface area contributed by atoms with Gasteiger partial charge in [0.2, 0.25) is 0 Å². The molecule has 2 nitrogen and oxygen atoms in total. The minimum atomic E-state index is -0.556. The Balaban J connectivity index is 1.09. The first-order chi connectivity index (χ1) is 31.3. The van der Waals surface area contributed by atoms with Crippen LogP contribution in [0.25, 0.3) is 77.2 Å². The fraction of sp³-hybridized carbons (Fsp3) is 0.0164. The van der Waals surface area contributed by atoms with E-state index in [0.29, 0.717) is 0 Å². The zero-order valence-corrected chi connectivity index (χ0v) is 34.6. The van der Waals surface area contributed by atoms with Gasteiger partial charge in [0.05, 0.1) is 27.5 Å². The van der Waals surface area contributed by atoms with Gasteiger partial charge in [-0.2, -0.15) is 0 Å². The molecule has 2 heteroatoms. The van der Waals surface area contributed by atoms with Crippen molar-refractivity contribution >= 4 is 43.6 Å². The number of hydrogen-bond donors (Lipinski definition) is 0. The van der Waals surface area contributed by atoms with Crippen molar-refractivity contribution in [2.24, 2.45) is 0 Å². The lowest BCUT2D eigenvalue weighted by atomic mass is 9.65. The van der Waals surface area contributed by atoms with Gasteiger partial charge in [0.15, 0.2) is 0 Å². The molecule has 0 radical (unpaired) electrons. The largest absolute Gasteiger partial charge is 0.309 e. The maximum atomic E-state index is 2.48. The number of rotatable bonds is 8. The Morgan fingerprint density at radius 3 is 1.17 bits per heavy atom. The van der Waals surface area contributed by atoms with E-state index >= 15 is 0 Å². The van der Waals surface area contributed by atoms with Crippen LogP contribution in [0.4, 0.5) is 0 Å². The SMILES string of the molecule is c1ccc(-c2ccc3c4ccc(-c5ccccc5)cc4n(-c4ccc5c(c4)c4ccccc4n5-c4cccc(C(c5ccccc5)(c5ccccc5)c5ccccc5)c4)c3c2)cc1. The molecule has 0 fully saturated rings. The first-order valence-electron chi connectivity index (χ1n) is 21.8. The smallest absolute Gasteiger partial charge is 0.0702 e. The lowest BCUT2D eigenvalue weighted by molar-refractivity contribution is 0.744. The lowest BCUT2D eigenvalue weighted by Gasteiger charge is -2.37. The van der Waals surface area contributed by atoms with E-state index in [1.807, 2.05) is 0 Å². The summed E-state index contributed by atoms with van der Waals surface area (Å²) in [4.78, 5) is 0. The first kappa shape index (κ1) is 36.6. The van der Waals surface area contributed by atoms with Crippen molar-refractivity contribution < 1.29 is 0 Å². The monoisotopic (exact) mass is 802 g/mol. The number of nitrogens with zero attached hydrogens (tertiary/aromatic N) is 2. The molecular formula is C61H42N2. The van der Waals surface area contributed by atoms with E-state index in [9.17, 15) is 0 Å². The summed E-state index contributed by atoms with van der Waals surface area (Å²) >= 11 is 0. The fourth-order valence-corrected chi connectivity index (χ4v) is 10.2. The van der Waals surface area contributed by atoms with Crippen LogP contribution in [0, 0.1) is 0 Å². The number of benzene rings is 10. The van der Waals surface area contributed by atoms with Gasteiger partial charge >= 0.3 is 0 Å². The van der Waals surface area contributed by atoms with Crippen LogP contribution in [-0.2, 0) is 5.41 Å². The average Bonchev–Trinajstić information content (AvgIpc) is 3.87. The molecule has 0 aliphatic rings. The highest BCUT2D eigenvalue weighted by Crippen LogP contribution is 2.46. The quantitative estimate of drug-likeness (QED) is 0.135. The highest BCUT2D eigenvalue weighted by atomic mass is 15.0. The highest BCUT2D eigenvalue weighted by molar-refractivity contribution is 6.13. The molecule has 63 heavy (non-hydrogen) atoms. The van der Waals surface area contributed by atoms with Crippen molar-refractivity contribution in [1.29, 1.82) is 0 Å². The zero-order valence-electron chi connectivity index (χ0n) is 34.6. The third kappa shape index (κ3) is 5.95. The van der Waals surface area contributed by atoms with Crippen molar-refractivity contribution in [3.8, 4) is 33.6 Å². The van der Waals surface area contributed by atoms with Gasteiger partial charge in [-0.3, -0.25) is 0 Å². The number of hydrogen-bond acceptors (Lipinski definition) is 0. The van der Waals surface area contributed by atoms with Gasteiger partial charge in [-0.05, 0) is 93.0 Å². The van der Waals surface area contributed by atoms with Gasteiger partial charge in [0, 0.05) is 32.9 Å². The van der Waals surface area contributed by atoms with Crippen LogP contribution in [0.15, 0.2) is 255 Å². The molecule has 296 valence electrons. The van der Waals surface area contributed by atoms with Crippen molar-refractivity contribution in [2.75, 3.05) is 0 Å². The molecule has 0 unspecified atom stereocenters. The molecule has 0 N–H and O–H groups in total. The molecule has 0 aliphatic heterocycles. The van der Waals surface area contributed by atoms with Crippen molar-refractivity contribution in [3.05, 3.63) is 277 Å². The molecule has 2 aromatic heterocycles. The van der Waals surface area contributed by atoms with E-state index in [4.69, 9.17) is 0 Å². The van der Waals surface area contributed by atoms with Crippen LogP contribution >= 0.6 is 0 Å². The standard InChI is InChI=1S/C61H42N2/c1-6-19-43(20-7-1)45-33-36-54-55-37-34-46(44-21-8-2-9-22-44)40-60(55)63(59(54)39-45)52-35-38-58-56(42-52)53-31-16-17-32-57(53)62(58)51-30-18-29-50(41-51)61(47-23-10-3-11-24-47,48-25-12-4-13-26-48)49-27-14-5-15-28-49/h1-42H. The molecule has 0 aliphatic carbocycles. The summed E-state index contributed by atoms with van der Waals surface area (Å²) in [7, 11) is 0. The molecule has 0 atom stereocenters. The third-order valence-electron chi connectivity index (χ3n) is 13.1. The maximum absolute atomic E-state index is 2.48. The normalized spacial score (nSPS) is 11.8. The summed E-state index contributed by atoms with van der Waals surface area (Å²) in [6.07, 6.45) is 0. The summed E-state index contributed by atoms with van der Waals surface area (Å²) in [5.41, 5.74) is 16.1. The van der Waals surface area contributed by atoms with E-state index < -0.39 is 5.41 Å². The molecule has 0 saturated heterocycles. The number of fused-ring (bicyclic) bond motifs is 6. The van der Waals surface area contributed by atoms with Crippen LogP contribution in [0.1, 0.15) is 22.3 Å². The summed E-state index contributed by atoms with van der Waals surface area (Å²) in [6, 6.07) is 93.3. The second kappa shape index (κ2) is 15.1. The van der Waals surface area contributed by atoms with Crippen molar-refractivity contribution in [1.82, 2.24) is 9.13 Å². The van der Waals surface area contributed by atoms with Crippen LogP contribution in [-0.4, -0.2) is 9.13 Å². The molecule has 0 bridgehead atoms. The second-order valence-electron chi connectivity index (χ2n) is 16.5. The molecule has 0 saturated carbocycles. The summed E-state index contributed by atoms with van der Waals surface area (Å²) in [6.45, 7) is 0. The number of para-hydroxylation sites is 1. The topological polar surface area (TPSA) is 9.86 Å². The predicted octanol–water partition coefficient (Wildman–Crippen LogP) is 15.6. The van der Waals surface area contributed by atoms with Gasteiger partial charge < -0.3 is 9.13 Å². The van der Waals surface area contributed by atoms with Crippen LogP contribution in [0.2, 0.25) is 0 Å². The Labute approximate surface area is 367 Å². The van der Waals surface area contributed by atoms with E-state index in [-0.39, 0.29) is 0 Å². The van der Waals surface area contributed by atoms with Gasteiger partial charge in [-0.25, -0.2) is 0 Å². The minimum absolute atomic E-state index is 0.556. The zero-order chi connectivity index (χ0) is 41.7. The fourth-order valence-electron chi connectivity index (χ4n) is 10.2. The maximum Gasteiger partial charge on any atom is 0.0702 e. The Bertz CT molecular complexity index is 3390. The molecule has 10 aromatic carbocycles. The minimum Gasteiger partial charge on any atom is -0.309 e. The van der Waals surface area contributed by atoms with E-state index in [1.54, 1.807) is 0 Å². The van der Waals surface area contributed by atoms with Crippen molar-refractivity contribution in [2.45, 2.75) is 5.41 Å².